The normalized spacial score (nSPS) is 11.1. The first kappa shape index (κ1) is 13.2. The number of amidine groups is 1. The number of nitrogens with zero attached hydrogens (tertiary/aromatic N) is 4. The third-order valence-electron chi connectivity index (χ3n) is 2.43. The molecule has 0 spiro atoms. The van der Waals surface area contributed by atoms with Crippen LogP contribution < -0.4 is 5.32 Å². The van der Waals surface area contributed by atoms with Crippen LogP contribution in [-0.2, 0) is 0 Å². The summed E-state index contributed by atoms with van der Waals surface area (Å²) in [6.45, 7) is 1.94. The highest BCUT2D eigenvalue weighted by molar-refractivity contribution is 8.13. The number of aliphatic imine (C=N–C) groups is 1. The Morgan fingerprint density at radius 2 is 2.21 bits per heavy atom. The maximum absolute atomic E-state index is 8.66. The molecule has 0 bridgehead atoms. The molecule has 1 heterocycles. The Bertz CT molecular complexity index is 638. The van der Waals surface area contributed by atoms with E-state index in [1.807, 2.05) is 55.9 Å². The summed E-state index contributed by atoms with van der Waals surface area (Å²) < 4.78 is 1.78. The van der Waals surface area contributed by atoms with Crippen molar-refractivity contribution in [3.63, 3.8) is 0 Å². The lowest BCUT2D eigenvalue weighted by molar-refractivity contribution is 0.863. The Balaban J connectivity index is 2.45. The molecular formula is C13H13N5S. The summed E-state index contributed by atoms with van der Waals surface area (Å²) in [4.78, 5) is 4.44. The molecule has 0 aliphatic heterocycles. The van der Waals surface area contributed by atoms with Crippen molar-refractivity contribution in [2.24, 2.45) is 4.99 Å². The molecular weight excluding hydrogens is 258 g/mol. The van der Waals surface area contributed by atoms with Gasteiger partial charge in [-0.1, -0.05) is 23.9 Å². The van der Waals surface area contributed by atoms with E-state index in [1.54, 1.807) is 4.68 Å². The third-order valence-corrected chi connectivity index (χ3v) is 3.01. The van der Waals surface area contributed by atoms with Gasteiger partial charge in [0.05, 0.1) is 17.1 Å². The second-order valence-electron chi connectivity index (χ2n) is 3.75. The molecule has 0 aliphatic rings. The summed E-state index contributed by atoms with van der Waals surface area (Å²) in [5.74, 6) is 0. The largest absolute Gasteiger partial charge is 0.271 e. The summed E-state index contributed by atoms with van der Waals surface area (Å²) in [7, 11) is 0. The van der Waals surface area contributed by atoms with Gasteiger partial charge >= 0.3 is 0 Å². The zero-order chi connectivity index (χ0) is 13.7. The molecule has 1 aromatic heterocycles. The number of rotatable bonds is 2. The van der Waals surface area contributed by atoms with Crippen molar-refractivity contribution in [3.05, 3.63) is 42.2 Å². The quantitative estimate of drug-likeness (QED) is 0.394. The minimum absolute atomic E-state index is 0.554. The monoisotopic (exact) mass is 271 g/mol. The SMILES string of the molecule is CSC(=Nc1ccccc1-n1ccc(C)n1)NC#N. The maximum atomic E-state index is 8.66. The molecule has 6 heteroatoms. The van der Waals surface area contributed by atoms with E-state index in [0.717, 1.165) is 17.1 Å². The summed E-state index contributed by atoms with van der Waals surface area (Å²) in [6, 6.07) is 9.60. The van der Waals surface area contributed by atoms with Crippen LogP contribution in [0.3, 0.4) is 0 Å². The molecule has 0 amide bonds. The predicted octanol–water partition coefficient (Wildman–Crippen LogP) is 2.60. The van der Waals surface area contributed by atoms with Crippen LogP contribution in [0.4, 0.5) is 5.69 Å². The highest BCUT2D eigenvalue weighted by Gasteiger charge is 2.05. The molecule has 0 saturated heterocycles. The van der Waals surface area contributed by atoms with Crippen LogP contribution in [-0.4, -0.2) is 21.2 Å². The molecule has 0 unspecified atom stereocenters. The molecule has 5 nitrogen and oxygen atoms in total. The zero-order valence-electron chi connectivity index (χ0n) is 10.7. The van der Waals surface area contributed by atoms with Crippen molar-refractivity contribution in [2.45, 2.75) is 6.92 Å². The van der Waals surface area contributed by atoms with Gasteiger partial charge in [0, 0.05) is 6.20 Å². The van der Waals surface area contributed by atoms with Gasteiger partial charge in [-0.05, 0) is 31.4 Å². The smallest absolute Gasteiger partial charge is 0.183 e. The van der Waals surface area contributed by atoms with Crippen molar-refractivity contribution >= 4 is 22.6 Å². The number of benzene rings is 1. The second-order valence-corrected chi connectivity index (χ2v) is 4.54. The molecule has 2 aromatic rings. The number of hydrogen-bond donors (Lipinski definition) is 1. The lowest BCUT2D eigenvalue weighted by atomic mass is 10.3. The highest BCUT2D eigenvalue weighted by Crippen LogP contribution is 2.23. The molecule has 0 saturated carbocycles. The lowest BCUT2D eigenvalue weighted by Crippen LogP contribution is -2.12. The Hall–Kier alpha value is -2.26. The fourth-order valence-electron chi connectivity index (χ4n) is 1.58. The number of thioether (sulfide) groups is 1. The molecule has 0 radical (unpaired) electrons. The average molecular weight is 271 g/mol. The first-order chi connectivity index (χ1) is 9.24. The Morgan fingerprint density at radius 1 is 1.42 bits per heavy atom. The fourth-order valence-corrected chi connectivity index (χ4v) is 1.92. The van der Waals surface area contributed by atoms with Gasteiger partial charge in [-0.3, -0.25) is 5.32 Å². The molecule has 96 valence electrons. The number of para-hydroxylation sites is 2. The second kappa shape index (κ2) is 6.07. The molecule has 1 aromatic carbocycles. The standard InChI is InChI=1S/C13H13N5S/c1-10-7-8-18(17-10)12-6-4-3-5-11(12)16-13(19-2)15-9-14/h3-8H,1-2H3,(H,15,16). The van der Waals surface area contributed by atoms with E-state index in [4.69, 9.17) is 5.26 Å². The van der Waals surface area contributed by atoms with Gasteiger partial charge in [-0.25, -0.2) is 9.67 Å². The molecule has 0 aliphatic carbocycles. The van der Waals surface area contributed by atoms with Crippen LogP contribution in [0.5, 0.6) is 0 Å². The van der Waals surface area contributed by atoms with Gasteiger partial charge < -0.3 is 0 Å². The van der Waals surface area contributed by atoms with Crippen molar-refractivity contribution in [1.29, 1.82) is 5.26 Å². The number of aromatic nitrogens is 2. The zero-order valence-corrected chi connectivity index (χ0v) is 11.5. The van der Waals surface area contributed by atoms with E-state index in [-0.39, 0.29) is 0 Å². The first-order valence-corrected chi connectivity index (χ1v) is 6.86. The average Bonchev–Trinajstić information content (AvgIpc) is 2.85. The van der Waals surface area contributed by atoms with Crippen molar-refractivity contribution in [3.8, 4) is 11.9 Å². The van der Waals surface area contributed by atoms with E-state index < -0.39 is 0 Å². The third kappa shape index (κ3) is 3.14. The predicted molar refractivity (Wildman–Crippen MR) is 77.7 cm³/mol. The molecule has 0 atom stereocenters. The van der Waals surface area contributed by atoms with Crippen LogP contribution in [0, 0.1) is 18.4 Å². The summed E-state index contributed by atoms with van der Waals surface area (Å²) in [5, 5.41) is 16.1. The van der Waals surface area contributed by atoms with Crippen LogP contribution in [0.1, 0.15) is 5.69 Å². The Labute approximate surface area is 116 Å². The van der Waals surface area contributed by atoms with Crippen molar-refractivity contribution in [1.82, 2.24) is 15.1 Å². The molecule has 0 fully saturated rings. The minimum Gasteiger partial charge on any atom is -0.271 e. The van der Waals surface area contributed by atoms with E-state index >= 15 is 0 Å². The van der Waals surface area contributed by atoms with Gasteiger partial charge in [0.15, 0.2) is 11.4 Å². The maximum Gasteiger partial charge on any atom is 0.183 e. The van der Waals surface area contributed by atoms with E-state index in [9.17, 15) is 0 Å². The van der Waals surface area contributed by atoms with Crippen molar-refractivity contribution < 1.29 is 0 Å². The van der Waals surface area contributed by atoms with Gasteiger partial charge in [0.2, 0.25) is 0 Å². The topological polar surface area (TPSA) is 66.0 Å². The van der Waals surface area contributed by atoms with Crippen molar-refractivity contribution in [2.75, 3.05) is 6.26 Å². The molecule has 1 N–H and O–H groups in total. The van der Waals surface area contributed by atoms with Gasteiger partial charge in [-0.2, -0.15) is 10.4 Å². The van der Waals surface area contributed by atoms with Gasteiger partial charge in [-0.15, -0.1) is 0 Å². The van der Waals surface area contributed by atoms with Gasteiger partial charge in [0.25, 0.3) is 0 Å². The number of hydrogen-bond acceptors (Lipinski definition) is 4. The molecule has 2 rings (SSSR count). The number of nitrogens with one attached hydrogen (secondary N) is 1. The number of nitriles is 1. The summed E-state index contributed by atoms with van der Waals surface area (Å²) in [5.41, 5.74) is 2.58. The minimum atomic E-state index is 0.554. The Kier molecular flexibility index (Phi) is 4.21. The van der Waals surface area contributed by atoms with E-state index in [0.29, 0.717) is 5.17 Å². The van der Waals surface area contributed by atoms with E-state index in [1.165, 1.54) is 11.8 Å². The lowest BCUT2D eigenvalue weighted by Gasteiger charge is -2.06. The summed E-state index contributed by atoms with van der Waals surface area (Å²) >= 11 is 1.39. The van der Waals surface area contributed by atoms with E-state index in [2.05, 4.69) is 15.4 Å². The Morgan fingerprint density at radius 3 is 2.84 bits per heavy atom. The van der Waals surface area contributed by atoms with Crippen LogP contribution in [0.25, 0.3) is 5.69 Å². The fraction of sp³-hybridized carbons (Fsp3) is 0.154. The van der Waals surface area contributed by atoms with Crippen LogP contribution in [0.15, 0.2) is 41.5 Å². The number of aryl methyl sites for hydroxylation is 1. The van der Waals surface area contributed by atoms with Crippen LogP contribution >= 0.6 is 11.8 Å². The molecule has 19 heavy (non-hydrogen) atoms. The summed E-state index contributed by atoms with van der Waals surface area (Å²) in [6.07, 6.45) is 5.63. The first-order valence-electron chi connectivity index (χ1n) is 5.64. The van der Waals surface area contributed by atoms with Crippen LogP contribution in [0.2, 0.25) is 0 Å². The van der Waals surface area contributed by atoms with Gasteiger partial charge in [0.1, 0.15) is 0 Å². The highest BCUT2D eigenvalue weighted by atomic mass is 32.2.